The van der Waals surface area contributed by atoms with Gasteiger partial charge in [-0.2, -0.15) is 0 Å². The summed E-state index contributed by atoms with van der Waals surface area (Å²) >= 11 is 0. The van der Waals surface area contributed by atoms with E-state index in [0.717, 1.165) is 32.3 Å². The Kier molecular flexibility index (Phi) is 6.07. The van der Waals surface area contributed by atoms with Crippen LogP contribution in [0.3, 0.4) is 0 Å². The van der Waals surface area contributed by atoms with Crippen LogP contribution in [0, 0.1) is 0 Å². The number of ether oxygens (including phenoxy) is 2. The highest BCUT2D eigenvalue weighted by atomic mass is 16.5. The van der Waals surface area contributed by atoms with E-state index in [9.17, 15) is 0 Å². The molecule has 2 atom stereocenters. The molecule has 1 heterocycles. The van der Waals surface area contributed by atoms with Crippen LogP contribution in [-0.2, 0) is 9.47 Å². The van der Waals surface area contributed by atoms with Gasteiger partial charge in [-0.3, -0.25) is 4.90 Å². The molecule has 0 amide bonds. The van der Waals surface area contributed by atoms with Gasteiger partial charge in [-0.25, -0.2) is 0 Å². The Balaban J connectivity index is 1.67. The molecule has 0 aromatic rings. The van der Waals surface area contributed by atoms with E-state index in [1.807, 2.05) is 0 Å². The van der Waals surface area contributed by atoms with E-state index in [-0.39, 0.29) is 0 Å². The van der Waals surface area contributed by atoms with Gasteiger partial charge in [0, 0.05) is 38.8 Å². The zero-order valence-electron chi connectivity index (χ0n) is 12.7. The van der Waals surface area contributed by atoms with Crippen molar-refractivity contribution in [2.45, 2.75) is 63.8 Å². The summed E-state index contributed by atoms with van der Waals surface area (Å²) in [5, 5.41) is 3.47. The highest BCUT2D eigenvalue weighted by Crippen LogP contribution is 2.29. The maximum atomic E-state index is 6.16. The smallest absolute Gasteiger partial charge is 0.0707 e. The van der Waals surface area contributed by atoms with E-state index >= 15 is 0 Å². The number of hydrogen-bond acceptors (Lipinski definition) is 4. The summed E-state index contributed by atoms with van der Waals surface area (Å²) in [7, 11) is 1.78. The molecule has 2 unspecified atom stereocenters. The molecule has 0 aromatic carbocycles. The molecule has 2 aliphatic rings. The Morgan fingerprint density at radius 3 is 2.58 bits per heavy atom. The second kappa shape index (κ2) is 7.58. The quantitative estimate of drug-likeness (QED) is 0.691. The molecule has 1 N–H and O–H groups in total. The maximum absolute atomic E-state index is 6.16. The summed E-state index contributed by atoms with van der Waals surface area (Å²) in [5.74, 6) is 0. The largest absolute Gasteiger partial charge is 0.383 e. The van der Waals surface area contributed by atoms with E-state index in [1.165, 1.54) is 25.7 Å². The third-order valence-electron chi connectivity index (χ3n) is 4.03. The summed E-state index contributed by atoms with van der Waals surface area (Å²) < 4.78 is 11.4. The third-order valence-corrected chi connectivity index (χ3v) is 4.03. The van der Waals surface area contributed by atoms with Crippen molar-refractivity contribution in [2.24, 2.45) is 0 Å². The van der Waals surface area contributed by atoms with Gasteiger partial charge in [0.15, 0.2) is 0 Å². The summed E-state index contributed by atoms with van der Waals surface area (Å²) in [6.07, 6.45) is 5.96. The monoisotopic (exact) mass is 270 g/mol. The lowest BCUT2D eigenvalue weighted by molar-refractivity contribution is 0.0162. The standard InChI is InChI=1S/C15H30N2O2/c1-12(2)16-10-14-6-7-15(19-14)11-17(8-9-18-3)13-4-5-13/h12-16H,4-11H2,1-3H3. The first-order chi connectivity index (χ1) is 9.19. The molecule has 1 aliphatic carbocycles. The number of rotatable bonds is 9. The molecular weight excluding hydrogens is 240 g/mol. The summed E-state index contributed by atoms with van der Waals surface area (Å²) in [6.45, 7) is 8.34. The van der Waals surface area contributed by atoms with Crippen LogP contribution < -0.4 is 5.32 Å². The molecule has 112 valence electrons. The van der Waals surface area contributed by atoms with Crippen molar-refractivity contribution in [3.05, 3.63) is 0 Å². The predicted octanol–water partition coefficient (Wildman–Crippen LogP) is 1.64. The average molecular weight is 270 g/mol. The van der Waals surface area contributed by atoms with Crippen molar-refractivity contribution in [2.75, 3.05) is 33.4 Å². The summed E-state index contributed by atoms with van der Waals surface area (Å²) in [4.78, 5) is 2.56. The highest BCUT2D eigenvalue weighted by molar-refractivity contribution is 4.87. The van der Waals surface area contributed by atoms with Gasteiger partial charge in [0.1, 0.15) is 0 Å². The minimum absolute atomic E-state index is 0.413. The molecule has 2 rings (SSSR count). The Labute approximate surface area is 117 Å². The van der Waals surface area contributed by atoms with Crippen molar-refractivity contribution >= 4 is 0 Å². The zero-order chi connectivity index (χ0) is 13.7. The molecule has 1 saturated carbocycles. The Bertz CT molecular complexity index is 257. The average Bonchev–Trinajstić information content (AvgIpc) is 3.13. The Morgan fingerprint density at radius 2 is 1.95 bits per heavy atom. The Morgan fingerprint density at radius 1 is 1.21 bits per heavy atom. The van der Waals surface area contributed by atoms with Crippen LogP contribution in [0.2, 0.25) is 0 Å². The number of nitrogens with zero attached hydrogens (tertiary/aromatic N) is 1. The number of hydrogen-bond donors (Lipinski definition) is 1. The van der Waals surface area contributed by atoms with Gasteiger partial charge < -0.3 is 14.8 Å². The van der Waals surface area contributed by atoms with Crippen molar-refractivity contribution in [1.82, 2.24) is 10.2 Å². The normalized spacial score (nSPS) is 27.6. The summed E-state index contributed by atoms with van der Waals surface area (Å²) in [5.41, 5.74) is 0. The van der Waals surface area contributed by atoms with Gasteiger partial charge in [-0.1, -0.05) is 13.8 Å². The molecule has 19 heavy (non-hydrogen) atoms. The first-order valence-corrected chi connectivity index (χ1v) is 7.81. The Hall–Kier alpha value is -0.160. The van der Waals surface area contributed by atoms with Gasteiger partial charge in [-0.05, 0) is 25.7 Å². The topological polar surface area (TPSA) is 33.7 Å². The van der Waals surface area contributed by atoms with Gasteiger partial charge >= 0.3 is 0 Å². The van der Waals surface area contributed by atoms with E-state index in [1.54, 1.807) is 7.11 Å². The fraction of sp³-hybridized carbons (Fsp3) is 1.00. The molecule has 1 aliphatic heterocycles. The lowest BCUT2D eigenvalue weighted by Crippen LogP contribution is -2.37. The lowest BCUT2D eigenvalue weighted by Gasteiger charge is -2.25. The van der Waals surface area contributed by atoms with E-state index < -0.39 is 0 Å². The van der Waals surface area contributed by atoms with Gasteiger partial charge in [-0.15, -0.1) is 0 Å². The molecule has 0 aromatic heterocycles. The minimum atomic E-state index is 0.413. The van der Waals surface area contributed by atoms with Crippen LogP contribution in [0.15, 0.2) is 0 Å². The van der Waals surface area contributed by atoms with E-state index in [2.05, 4.69) is 24.1 Å². The van der Waals surface area contributed by atoms with Gasteiger partial charge in [0.2, 0.25) is 0 Å². The third kappa shape index (κ3) is 5.38. The summed E-state index contributed by atoms with van der Waals surface area (Å²) in [6, 6.07) is 1.35. The zero-order valence-corrected chi connectivity index (χ0v) is 12.7. The predicted molar refractivity (Wildman–Crippen MR) is 77.5 cm³/mol. The molecule has 2 fully saturated rings. The van der Waals surface area contributed by atoms with Crippen LogP contribution in [0.4, 0.5) is 0 Å². The lowest BCUT2D eigenvalue weighted by atomic mass is 10.2. The van der Waals surface area contributed by atoms with Gasteiger partial charge in [0.25, 0.3) is 0 Å². The molecule has 0 spiro atoms. The van der Waals surface area contributed by atoms with E-state index in [4.69, 9.17) is 9.47 Å². The van der Waals surface area contributed by atoms with Crippen LogP contribution in [0.1, 0.15) is 39.5 Å². The first kappa shape index (κ1) is 15.2. The van der Waals surface area contributed by atoms with Crippen molar-refractivity contribution in [1.29, 1.82) is 0 Å². The van der Waals surface area contributed by atoms with Crippen LogP contribution in [0.5, 0.6) is 0 Å². The highest BCUT2D eigenvalue weighted by Gasteiger charge is 2.33. The molecular formula is C15H30N2O2. The van der Waals surface area contributed by atoms with Crippen molar-refractivity contribution < 1.29 is 9.47 Å². The molecule has 1 saturated heterocycles. The number of methoxy groups -OCH3 is 1. The first-order valence-electron chi connectivity index (χ1n) is 7.81. The molecule has 4 nitrogen and oxygen atoms in total. The second-order valence-electron chi connectivity index (χ2n) is 6.24. The molecule has 0 bridgehead atoms. The fourth-order valence-corrected chi connectivity index (χ4v) is 2.76. The molecule has 4 heteroatoms. The van der Waals surface area contributed by atoms with E-state index in [0.29, 0.717) is 18.2 Å². The second-order valence-corrected chi connectivity index (χ2v) is 6.24. The molecule has 0 radical (unpaired) electrons. The maximum Gasteiger partial charge on any atom is 0.0707 e. The van der Waals surface area contributed by atoms with Crippen LogP contribution in [0.25, 0.3) is 0 Å². The van der Waals surface area contributed by atoms with Gasteiger partial charge in [0.05, 0.1) is 18.8 Å². The van der Waals surface area contributed by atoms with Crippen LogP contribution >= 0.6 is 0 Å². The number of nitrogens with one attached hydrogen (secondary N) is 1. The SMILES string of the molecule is COCCN(CC1CCC(CNC(C)C)O1)C1CC1. The minimum Gasteiger partial charge on any atom is -0.383 e. The fourth-order valence-electron chi connectivity index (χ4n) is 2.76. The van der Waals surface area contributed by atoms with Crippen molar-refractivity contribution in [3.8, 4) is 0 Å². The van der Waals surface area contributed by atoms with Crippen molar-refractivity contribution in [3.63, 3.8) is 0 Å². The van der Waals surface area contributed by atoms with Crippen LogP contribution in [-0.4, -0.2) is 62.5 Å².